The van der Waals surface area contributed by atoms with E-state index in [1.54, 1.807) is 4.90 Å². The minimum Gasteiger partial charge on any atom is -0.378 e. The number of amides is 1. The highest BCUT2D eigenvalue weighted by atomic mass is 19.4. The van der Waals surface area contributed by atoms with Gasteiger partial charge in [-0.1, -0.05) is 0 Å². The third-order valence-corrected chi connectivity index (χ3v) is 4.96. The van der Waals surface area contributed by atoms with Gasteiger partial charge in [0.2, 0.25) is 11.9 Å². The molecular weight excluding hydrogens is 337 g/mol. The predicted molar refractivity (Wildman–Crippen MR) is 82.1 cm³/mol. The zero-order chi connectivity index (χ0) is 17.6. The van der Waals surface area contributed by atoms with E-state index >= 15 is 0 Å². The molecule has 1 aromatic rings. The number of hydrogen-bond acceptors (Lipinski definition) is 5. The van der Waals surface area contributed by atoms with Crippen LogP contribution >= 0.6 is 0 Å². The normalized spacial score (nSPS) is 26.7. The van der Waals surface area contributed by atoms with Gasteiger partial charge in [-0.05, 0) is 25.7 Å². The number of fused-ring (bicyclic) bond motifs is 4. The van der Waals surface area contributed by atoms with Crippen molar-refractivity contribution < 1.29 is 22.7 Å². The van der Waals surface area contributed by atoms with Gasteiger partial charge in [-0.25, -0.2) is 9.97 Å². The molecule has 2 atom stereocenters. The number of nitrogens with zero attached hydrogens (tertiary/aromatic N) is 3. The number of halogens is 3. The van der Waals surface area contributed by atoms with Crippen molar-refractivity contribution in [2.24, 2.45) is 5.92 Å². The Kier molecular flexibility index (Phi) is 4.05. The van der Waals surface area contributed by atoms with Crippen molar-refractivity contribution >= 4 is 11.9 Å². The standard InChI is InChI=1S/C16H19F3N4O2/c17-16(18,19)13-11-3-1-2-4-12(11)21-15(22-13)23-5-9-7-25-8-10(6-23)20-14(9)24/h9-10H,1-8H2,(H,20,24)/t9-,10+/m1/s1. The third kappa shape index (κ3) is 3.17. The molecule has 0 radical (unpaired) electrons. The van der Waals surface area contributed by atoms with E-state index in [4.69, 9.17) is 4.74 Å². The van der Waals surface area contributed by atoms with E-state index in [1.807, 2.05) is 0 Å². The summed E-state index contributed by atoms with van der Waals surface area (Å²) in [5, 5.41) is 2.86. The average Bonchev–Trinajstić information content (AvgIpc) is 2.81. The second kappa shape index (κ2) is 6.12. The summed E-state index contributed by atoms with van der Waals surface area (Å²) in [5.41, 5.74) is -0.0966. The Bertz CT molecular complexity index is 695. The zero-order valence-electron chi connectivity index (χ0n) is 13.6. The molecule has 2 aliphatic heterocycles. The summed E-state index contributed by atoms with van der Waals surface area (Å²) in [5.74, 6) is -0.484. The van der Waals surface area contributed by atoms with Crippen LogP contribution in [-0.4, -0.2) is 48.2 Å². The lowest BCUT2D eigenvalue weighted by Crippen LogP contribution is -2.43. The largest absolute Gasteiger partial charge is 0.433 e. The molecule has 2 saturated heterocycles. The van der Waals surface area contributed by atoms with Gasteiger partial charge >= 0.3 is 6.18 Å². The molecule has 1 aromatic heterocycles. The predicted octanol–water partition coefficient (Wildman–Crippen LogP) is 1.33. The third-order valence-electron chi connectivity index (χ3n) is 4.96. The number of nitrogens with one attached hydrogen (secondary N) is 1. The Morgan fingerprint density at radius 2 is 1.92 bits per heavy atom. The van der Waals surface area contributed by atoms with E-state index in [-0.39, 0.29) is 36.6 Å². The first-order valence-electron chi connectivity index (χ1n) is 8.52. The highest BCUT2D eigenvalue weighted by Crippen LogP contribution is 2.36. The van der Waals surface area contributed by atoms with Gasteiger partial charge in [-0.2, -0.15) is 13.2 Å². The van der Waals surface area contributed by atoms with Crippen LogP contribution in [0.5, 0.6) is 0 Å². The van der Waals surface area contributed by atoms with Crippen molar-refractivity contribution in [3.05, 3.63) is 17.0 Å². The quantitative estimate of drug-likeness (QED) is 0.822. The van der Waals surface area contributed by atoms with Crippen LogP contribution in [0.4, 0.5) is 19.1 Å². The van der Waals surface area contributed by atoms with E-state index in [1.165, 1.54) is 0 Å². The van der Waals surface area contributed by atoms with Crippen LogP contribution in [-0.2, 0) is 28.5 Å². The molecular formula is C16H19F3N4O2. The van der Waals surface area contributed by atoms with Crippen molar-refractivity contribution in [1.82, 2.24) is 15.3 Å². The van der Waals surface area contributed by atoms with Gasteiger partial charge in [0.05, 0.1) is 25.2 Å². The summed E-state index contributed by atoms with van der Waals surface area (Å²) in [6.45, 7) is 1.21. The summed E-state index contributed by atoms with van der Waals surface area (Å²) < 4.78 is 46.0. The van der Waals surface area contributed by atoms with Crippen LogP contribution in [0.15, 0.2) is 0 Å². The Labute approximate surface area is 142 Å². The molecule has 3 aliphatic rings. The van der Waals surface area contributed by atoms with Crippen molar-refractivity contribution in [3.8, 4) is 0 Å². The van der Waals surface area contributed by atoms with Crippen molar-refractivity contribution in [3.63, 3.8) is 0 Å². The smallest absolute Gasteiger partial charge is 0.378 e. The summed E-state index contributed by atoms with van der Waals surface area (Å²) in [6.07, 6.45) is -2.04. The topological polar surface area (TPSA) is 67.3 Å². The van der Waals surface area contributed by atoms with Crippen molar-refractivity contribution in [2.75, 3.05) is 31.2 Å². The van der Waals surface area contributed by atoms with E-state index in [0.29, 0.717) is 31.7 Å². The number of rotatable bonds is 1. The lowest BCUT2D eigenvalue weighted by Gasteiger charge is -2.29. The number of aromatic nitrogens is 2. The van der Waals surface area contributed by atoms with Crippen LogP contribution in [0.2, 0.25) is 0 Å². The van der Waals surface area contributed by atoms with Gasteiger partial charge in [0, 0.05) is 24.3 Å². The lowest BCUT2D eigenvalue weighted by molar-refractivity contribution is -0.142. The van der Waals surface area contributed by atoms with Crippen LogP contribution in [0, 0.1) is 5.92 Å². The molecule has 2 bridgehead atoms. The van der Waals surface area contributed by atoms with Crippen LogP contribution in [0.3, 0.4) is 0 Å². The molecule has 3 heterocycles. The maximum absolute atomic E-state index is 13.5. The fourth-order valence-electron chi connectivity index (χ4n) is 3.75. The molecule has 1 aliphatic carbocycles. The number of carbonyl (C=O) groups is 1. The van der Waals surface area contributed by atoms with Crippen LogP contribution in [0.25, 0.3) is 0 Å². The van der Waals surface area contributed by atoms with Gasteiger partial charge in [-0.3, -0.25) is 4.79 Å². The molecule has 2 fully saturated rings. The maximum atomic E-state index is 13.5. The Balaban J connectivity index is 1.74. The lowest BCUT2D eigenvalue weighted by atomic mass is 9.94. The van der Waals surface area contributed by atoms with Gasteiger partial charge in [0.25, 0.3) is 0 Å². The second-order valence-corrected chi connectivity index (χ2v) is 6.85. The average molecular weight is 356 g/mol. The first kappa shape index (κ1) is 16.6. The Hall–Kier alpha value is -1.90. The Morgan fingerprint density at radius 1 is 1.12 bits per heavy atom. The van der Waals surface area contributed by atoms with Crippen molar-refractivity contribution in [2.45, 2.75) is 37.9 Å². The molecule has 6 nitrogen and oxygen atoms in total. The minimum atomic E-state index is -4.50. The van der Waals surface area contributed by atoms with Gasteiger partial charge in [0.1, 0.15) is 0 Å². The van der Waals surface area contributed by atoms with Gasteiger partial charge in [0.15, 0.2) is 5.69 Å². The van der Waals surface area contributed by atoms with E-state index in [9.17, 15) is 18.0 Å². The van der Waals surface area contributed by atoms with E-state index < -0.39 is 17.8 Å². The molecule has 0 spiro atoms. The molecule has 0 saturated carbocycles. The fourth-order valence-corrected chi connectivity index (χ4v) is 3.75. The number of alkyl halides is 3. The summed E-state index contributed by atoms with van der Waals surface area (Å²) in [6, 6.07) is -0.269. The molecule has 0 aromatic carbocycles. The van der Waals surface area contributed by atoms with Gasteiger partial charge < -0.3 is 15.0 Å². The maximum Gasteiger partial charge on any atom is 0.433 e. The highest BCUT2D eigenvalue weighted by Gasteiger charge is 2.40. The van der Waals surface area contributed by atoms with Crippen LogP contribution < -0.4 is 10.2 Å². The number of ether oxygens (including phenoxy) is 1. The first-order chi connectivity index (χ1) is 11.9. The monoisotopic (exact) mass is 356 g/mol. The number of aryl methyl sites for hydroxylation is 1. The molecule has 25 heavy (non-hydrogen) atoms. The van der Waals surface area contributed by atoms with E-state index in [0.717, 1.165) is 12.8 Å². The SMILES string of the molecule is O=C1N[C@@H]2COC[C@H]1CN(c1nc3c(c(C(F)(F)F)n1)CCCC3)C2. The van der Waals surface area contributed by atoms with Crippen LogP contribution in [0.1, 0.15) is 29.8 Å². The molecule has 1 amide bonds. The number of carbonyl (C=O) groups excluding carboxylic acids is 1. The second-order valence-electron chi connectivity index (χ2n) is 6.85. The fraction of sp³-hybridized carbons (Fsp3) is 0.688. The zero-order valence-corrected chi connectivity index (χ0v) is 13.6. The summed E-state index contributed by atoms with van der Waals surface area (Å²) in [7, 11) is 0. The molecule has 136 valence electrons. The number of hydrogen-bond donors (Lipinski definition) is 1. The van der Waals surface area contributed by atoms with E-state index in [2.05, 4.69) is 15.3 Å². The summed E-state index contributed by atoms with van der Waals surface area (Å²) in [4.78, 5) is 22.1. The minimum absolute atomic E-state index is 0.0707. The number of anilines is 1. The molecule has 0 unspecified atom stereocenters. The molecule has 4 rings (SSSR count). The molecule has 1 N–H and O–H groups in total. The first-order valence-corrected chi connectivity index (χ1v) is 8.52. The molecule has 9 heteroatoms. The highest BCUT2D eigenvalue weighted by molar-refractivity contribution is 5.80. The Morgan fingerprint density at radius 3 is 2.72 bits per heavy atom. The summed E-state index contributed by atoms with van der Waals surface area (Å²) >= 11 is 0. The van der Waals surface area contributed by atoms with Crippen molar-refractivity contribution in [1.29, 1.82) is 0 Å². The van der Waals surface area contributed by atoms with Gasteiger partial charge in [-0.15, -0.1) is 0 Å².